The van der Waals surface area contributed by atoms with E-state index in [0.717, 1.165) is 5.75 Å². The van der Waals surface area contributed by atoms with Crippen molar-refractivity contribution in [3.8, 4) is 11.5 Å². The van der Waals surface area contributed by atoms with Crippen LogP contribution >= 0.6 is 11.6 Å². The molecule has 1 fully saturated rings. The lowest BCUT2D eigenvalue weighted by Crippen LogP contribution is -2.41. The molecule has 172 valence electrons. The molecule has 0 unspecified atom stereocenters. The summed E-state index contributed by atoms with van der Waals surface area (Å²) >= 11 is 5.87. The maximum absolute atomic E-state index is 12.8. The number of carbonyl (C=O) groups is 1. The van der Waals surface area contributed by atoms with Gasteiger partial charge in [0.2, 0.25) is 15.9 Å². The number of nitrogens with zero attached hydrogens (tertiary/aromatic N) is 1. The van der Waals surface area contributed by atoms with Gasteiger partial charge >= 0.3 is 0 Å². The fourth-order valence-electron chi connectivity index (χ4n) is 3.75. The van der Waals surface area contributed by atoms with Crippen molar-refractivity contribution in [3.63, 3.8) is 0 Å². The number of amides is 1. The van der Waals surface area contributed by atoms with Gasteiger partial charge in [-0.15, -0.1) is 0 Å². The molecule has 0 aliphatic carbocycles. The summed E-state index contributed by atoms with van der Waals surface area (Å²) in [4.78, 5) is 12.7. The second-order valence-corrected chi connectivity index (χ2v) is 10.4. The number of hydrogen-bond acceptors (Lipinski definition) is 4. The molecule has 0 bridgehead atoms. The van der Waals surface area contributed by atoms with Crippen LogP contribution in [0.5, 0.6) is 11.5 Å². The molecule has 3 aromatic carbocycles. The van der Waals surface area contributed by atoms with E-state index in [9.17, 15) is 13.2 Å². The van der Waals surface area contributed by atoms with Crippen LogP contribution in [0, 0.1) is 5.92 Å². The van der Waals surface area contributed by atoms with Gasteiger partial charge in [0.25, 0.3) is 0 Å². The Labute approximate surface area is 199 Å². The molecule has 0 radical (unpaired) electrons. The Bertz CT molecular complexity index is 1180. The van der Waals surface area contributed by atoms with E-state index in [4.69, 9.17) is 16.3 Å². The van der Waals surface area contributed by atoms with Crippen LogP contribution in [-0.4, -0.2) is 31.7 Å². The summed E-state index contributed by atoms with van der Waals surface area (Å²) in [6, 6.07) is 23.5. The van der Waals surface area contributed by atoms with Crippen molar-refractivity contribution in [3.05, 3.63) is 89.4 Å². The first-order valence-corrected chi connectivity index (χ1v) is 12.7. The summed E-state index contributed by atoms with van der Waals surface area (Å²) in [6.45, 7) is 0.662. The van der Waals surface area contributed by atoms with Crippen molar-refractivity contribution < 1.29 is 17.9 Å². The second-order valence-electron chi connectivity index (χ2n) is 7.98. The zero-order valence-corrected chi connectivity index (χ0v) is 19.6. The number of benzene rings is 3. The number of piperidine rings is 1. The molecule has 0 aromatic heterocycles. The van der Waals surface area contributed by atoms with Crippen LogP contribution in [0.15, 0.2) is 78.9 Å². The highest BCUT2D eigenvalue weighted by molar-refractivity contribution is 7.88. The smallest absolute Gasteiger partial charge is 0.227 e. The Kier molecular flexibility index (Phi) is 7.33. The molecule has 1 saturated heterocycles. The molecular weight excluding hydrogens is 460 g/mol. The van der Waals surface area contributed by atoms with Gasteiger partial charge in [-0.05, 0) is 66.9 Å². The Morgan fingerprint density at radius 2 is 1.52 bits per heavy atom. The number of sulfonamides is 1. The van der Waals surface area contributed by atoms with Crippen molar-refractivity contribution >= 4 is 33.2 Å². The normalized spacial score (nSPS) is 15.2. The average molecular weight is 485 g/mol. The molecule has 0 atom stereocenters. The van der Waals surface area contributed by atoms with Gasteiger partial charge in [-0.2, -0.15) is 0 Å². The molecule has 1 aliphatic rings. The first kappa shape index (κ1) is 23.3. The molecule has 6 nitrogen and oxygen atoms in total. The molecule has 1 N–H and O–H groups in total. The van der Waals surface area contributed by atoms with Crippen LogP contribution in [0.1, 0.15) is 18.4 Å². The van der Waals surface area contributed by atoms with Gasteiger partial charge < -0.3 is 10.1 Å². The van der Waals surface area contributed by atoms with Crippen LogP contribution in [0.4, 0.5) is 5.69 Å². The van der Waals surface area contributed by atoms with Crippen LogP contribution in [0.3, 0.4) is 0 Å². The summed E-state index contributed by atoms with van der Waals surface area (Å²) in [6.07, 6.45) is 0.974. The number of para-hydroxylation sites is 1. The lowest BCUT2D eigenvalue weighted by atomic mass is 9.97. The third-order valence-corrected chi connectivity index (χ3v) is 7.68. The van der Waals surface area contributed by atoms with Gasteiger partial charge in [0.15, 0.2) is 0 Å². The van der Waals surface area contributed by atoms with Gasteiger partial charge in [0.05, 0.1) is 5.75 Å². The average Bonchev–Trinajstić information content (AvgIpc) is 2.82. The maximum atomic E-state index is 12.8. The number of nitrogens with one attached hydrogen (secondary N) is 1. The molecule has 4 rings (SSSR count). The molecule has 1 heterocycles. The predicted molar refractivity (Wildman–Crippen MR) is 130 cm³/mol. The maximum Gasteiger partial charge on any atom is 0.227 e. The minimum atomic E-state index is -3.44. The fraction of sp³-hybridized carbons (Fsp3) is 0.240. The second kappa shape index (κ2) is 10.4. The summed E-state index contributed by atoms with van der Waals surface area (Å²) in [7, 11) is -3.44. The standard InChI is InChI=1S/C25H25ClN2O4S/c26-21-8-6-19(7-9-21)18-33(30,31)28-16-14-20(15-17-28)25(29)27-22-10-12-24(13-11-22)32-23-4-2-1-3-5-23/h1-13,20H,14-18H2,(H,27,29). The van der Waals surface area contributed by atoms with Gasteiger partial charge in [-0.25, -0.2) is 12.7 Å². The van der Waals surface area contributed by atoms with Gasteiger partial charge in [-0.3, -0.25) is 4.79 Å². The van der Waals surface area contributed by atoms with Crippen LogP contribution < -0.4 is 10.1 Å². The molecule has 1 aliphatic heterocycles. The van der Waals surface area contributed by atoms with Crippen molar-refractivity contribution in [2.75, 3.05) is 18.4 Å². The van der Waals surface area contributed by atoms with E-state index in [1.165, 1.54) is 4.31 Å². The lowest BCUT2D eigenvalue weighted by molar-refractivity contribution is -0.120. The first-order chi connectivity index (χ1) is 15.9. The van der Waals surface area contributed by atoms with Crippen molar-refractivity contribution in [2.45, 2.75) is 18.6 Å². The van der Waals surface area contributed by atoms with E-state index in [1.807, 2.05) is 30.3 Å². The van der Waals surface area contributed by atoms with E-state index < -0.39 is 10.0 Å². The summed E-state index contributed by atoms with van der Waals surface area (Å²) < 4.78 is 32.7. The molecule has 8 heteroatoms. The lowest BCUT2D eigenvalue weighted by Gasteiger charge is -2.30. The zero-order chi connectivity index (χ0) is 23.3. The largest absolute Gasteiger partial charge is 0.457 e. The van der Waals surface area contributed by atoms with E-state index in [0.29, 0.717) is 48.0 Å². The van der Waals surface area contributed by atoms with Gasteiger partial charge in [0.1, 0.15) is 11.5 Å². The Hall–Kier alpha value is -2.87. The van der Waals surface area contributed by atoms with Crippen molar-refractivity contribution in [2.24, 2.45) is 5.92 Å². The summed E-state index contributed by atoms with van der Waals surface area (Å²) in [5.74, 6) is 1.03. The monoisotopic (exact) mass is 484 g/mol. The minimum absolute atomic E-state index is 0.0710. The van der Waals surface area contributed by atoms with Crippen LogP contribution in [0.2, 0.25) is 5.02 Å². The molecule has 1 amide bonds. The summed E-state index contributed by atoms with van der Waals surface area (Å²) in [5.41, 5.74) is 1.37. The SMILES string of the molecule is O=C(Nc1ccc(Oc2ccccc2)cc1)C1CCN(S(=O)(=O)Cc2ccc(Cl)cc2)CC1. The third kappa shape index (κ3) is 6.35. The Morgan fingerprint density at radius 3 is 2.15 bits per heavy atom. The van der Waals surface area contributed by atoms with E-state index in [1.54, 1.807) is 48.5 Å². The molecule has 0 saturated carbocycles. The van der Waals surface area contributed by atoms with Crippen molar-refractivity contribution in [1.82, 2.24) is 4.31 Å². The first-order valence-electron chi connectivity index (χ1n) is 10.8. The van der Waals surface area contributed by atoms with E-state index in [2.05, 4.69) is 5.32 Å². The Balaban J connectivity index is 1.28. The zero-order valence-electron chi connectivity index (χ0n) is 18.0. The third-order valence-electron chi connectivity index (χ3n) is 5.58. The number of ether oxygens (including phenoxy) is 1. The molecular formula is C25H25ClN2O4S. The van der Waals surface area contributed by atoms with Crippen LogP contribution in [0.25, 0.3) is 0 Å². The van der Waals surface area contributed by atoms with Gasteiger partial charge in [-0.1, -0.05) is 41.9 Å². The molecule has 3 aromatic rings. The van der Waals surface area contributed by atoms with E-state index in [-0.39, 0.29) is 17.6 Å². The predicted octanol–water partition coefficient (Wildman–Crippen LogP) is 5.31. The molecule has 33 heavy (non-hydrogen) atoms. The van der Waals surface area contributed by atoms with Crippen molar-refractivity contribution in [1.29, 1.82) is 0 Å². The minimum Gasteiger partial charge on any atom is -0.457 e. The molecule has 0 spiro atoms. The number of halogens is 1. The number of hydrogen-bond donors (Lipinski definition) is 1. The highest BCUT2D eigenvalue weighted by atomic mass is 35.5. The number of rotatable bonds is 7. The Morgan fingerprint density at radius 1 is 0.909 bits per heavy atom. The fourth-order valence-corrected chi connectivity index (χ4v) is 5.44. The highest BCUT2D eigenvalue weighted by Crippen LogP contribution is 2.25. The van der Waals surface area contributed by atoms with Crippen LogP contribution in [-0.2, 0) is 20.6 Å². The van der Waals surface area contributed by atoms with Gasteiger partial charge in [0, 0.05) is 29.7 Å². The topological polar surface area (TPSA) is 75.7 Å². The highest BCUT2D eigenvalue weighted by Gasteiger charge is 2.31. The summed E-state index contributed by atoms with van der Waals surface area (Å²) in [5, 5.41) is 3.50. The number of anilines is 1. The van der Waals surface area contributed by atoms with E-state index >= 15 is 0 Å². The quantitative estimate of drug-likeness (QED) is 0.493. The number of carbonyl (C=O) groups excluding carboxylic acids is 1.